The zero-order chi connectivity index (χ0) is 12.8. The monoisotopic (exact) mass is 235 g/mol. The summed E-state index contributed by atoms with van der Waals surface area (Å²) in [5.41, 5.74) is 3.82. The van der Waals surface area contributed by atoms with Crippen LogP contribution in [-0.4, -0.2) is 23.9 Å². The number of hydrazine groups is 1. The number of nitrogens with two attached hydrogens (primary N) is 1. The predicted molar refractivity (Wildman–Crippen MR) is 69.3 cm³/mol. The molecule has 1 atom stereocenters. The zero-order valence-electron chi connectivity index (χ0n) is 10.7. The van der Waals surface area contributed by atoms with Crippen molar-refractivity contribution in [3.63, 3.8) is 0 Å². The van der Waals surface area contributed by atoms with E-state index in [0.717, 1.165) is 18.5 Å². The third kappa shape index (κ3) is 3.54. The first-order valence-electron chi connectivity index (χ1n) is 5.89. The first kappa shape index (κ1) is 13.7. The summed E-state index contributed by atoms with van der Waals surface area (Å²) in [6.45, 7) is 5.07. The fourth-order valence-corrected chi connectivity index (χ4v) is 1.69. The van der Waals surface area contributed by atoms with Gasteiger partial charge in [0.05, 0.1) is 0 Å². The lowest BCUT2D eigenvalue weighted by Crippen LogP contribution is -2.33. The van der Waals surface area contributed by atoms with Crippen LogP contribution in [0.1, 0.15) is 36.2 Å². The van der Waals surface area contributed by atoms with Crippen molar-refractivity contribution in [3.8, 4) is 0 Å². The van der Waals surface area contributed by atoms with Gasteiger partial charge in [-0.2, -0.15) is 0 Å². The van der Waals surface area contributed by atoms with Crippen LogP contribution >= 0.6 is 0 Å². The third-order valence-corrected chi connectivity index (χ3v) is 3.16. The molecule has 0 saturated carbocycles. The fraction of sp³-hybridized carbons (Fsp3) is 0.462. The molecule has 4 nitrogen and oxygen atoms in total. The van der Waals surface area contributed by atoms with Crippen molar-refractivity contribution in [2.24, 2.45) is 5.84 Å². The van der Waals surface area contributed by atoms with Crippen molar-refractivity contribution >= 4 is 5.91 Å². The minimum Gasteiger partial charge on any atom is -0.299 e. The van der Waals surface area contributed by atoms with Crippen LogP contribution in [0.3, 0.4) is 0 Å². The molecule has 0 aliphatic carbocycles. The van der Waals surface area contributed by atoms with E-state index in [1.807, 2.05) is 18.2 Å². The van der Waals surface area contributed by atoms with Gasteiger partial charge in [0.25, 0.3) is 5.91 Å². The maximum atomic E-state index is 11.6. The Morgan fingerprint density at radius 2 is 2.12 bits per heavy atom. The van der Waals surface area contributed by atoms with E-state index in [-0.39, 0.29) is 5.91 Å². The molecule has 0 heterocycles. The van der Waals surface area contributed by atoms with E-state index >= 15 is 0 Å². The van der Waals surface area contributed by atoms with Gasteiger partial charge in [-0.05, 0) is 32.0 Å². The molecule has 1 aromatic carbocycles. The fourth-order valence-electron chi connectivity index (χ4n) is 1.69. The van der Waals surface area contributed by atoms with Crippen molar-refractivity contribution in [3.05, 3.63) is 35.4 Å². The Morgan fingerprint density at radius 1 is 1.47 bits per heavy atom. The van der Waals surface area contributed by atoms with Gasteiger partial charge in [-0.15, -0.1) is 0 Å². The number of hydrogen-bond acceptors (Lipinski definition) is 3. The first-order chi connectivity index (χ1) is 8.10. The summed E-state index contributed by atoms with van der Waals surface area (Å²) >= 11 is 0. The maximum absolute atomic E-state index is 11.6. The smallest absolute Gasteiger partial charge is 0.265 e. The van der Waals surface area contributed by atoms with Gasteiger partial charge in [-0.1, -0.05) is 25.1 Å². The number of benzene rings is 1. The molecule has 1 rings (SSSR count). The molecule has 0 bridgehead atoms. The number of carbonyl (C=O) groups is 1. The second kappa shape index (κ2) is 6.37. The third-order valence-electron chi connectivity index (χ3n) is 3.16. The van der Waals surface area contributed by atoms with Gasteiger partial charge in [0.1, 0.15) is 0 Å². The molecule has 0 spiro atoms. The summed E-state index contributed by atoms with van der Waals surface area (Å²) in [7, 11) is 2.06. The van der Waals surface area contributed by atoms with Crippen LogP contribution in [0.5, 0.6) is 0 Å². The highest BCUT2D eigenvalue weighted by Crippen LogP contribution is 2.13. The van der Waals surface area contributed by atoms with Crippen LogP contribution in [0.15, 0.2) is 24.3 Å². The van der Waals surface area contributed by atoms with Crippen molar-refractivity contribution in [2.75, 3.05) is 7.05 Å². The molecular formula is C13H21N3O. The normalized spacial score (nSPS) is 12.5. The Balaban J connectivity index is 2.87. The number of nitrogens with one attached hydrogen (secondary N) is 1. The second-order valence-electron chi connectivity index (χ2n) is 4.30. The Bertz CT molecular complexity index is 379. The summed E-state index contributed by atoms with van der Waals surface area (Å²) < 4.78 is 0. The van der Waals surface area contributed by atoms with Gasteiger partial charge in [-0.25, -0.2) is 5.84 Å². The van der Waals surface area contributed by atoms with E-state index in [1.54, 1.807) is 6.07 Å². The van der Waals surface area contributed by atoms with Crippen LogP contribution in [-0.2, 0) is 6.54 Å². The number of nitrogen functional groups attached to an aromatic ring is 1. The van der Waals surface area contributed by atoms with Crippen LogP contribution in [0.25, 0.3) is 0 Å². The highest BCUT2D eigenvalue weighted by molar-refractivity contribution is 5.95. The summed E-state index contributed by atoms with van der Waals surface area (Å²) in [5, 5.41) is 0. The van der Waals surface area contributed by atoms with Gasteiger partial charge in [-0.3, -0.25) is 15.1 Å². The van der Waals surface area contributed by atoms with E-state index in [0.29, 0.717) is 11.6 Å². The standard InChI is InChI=1S/C13H21N3O/c1-4-10(2)16(3)9-11-7-5-6-8-12(11)13(17)15-14/h5-8,10H,4,9,14H2,1-3H3,(H,15,17). The largest absolute Gasteiger partial charge is 0.299 e. The Hall–Kier alpha value is -1.39. The topological polar surface area (TPSA) is 58.4 Å². The number of nitrogens with zero attached hydrogens (tertiary/aromatic N) is 1. The molecule has 0 radical (unpaired) electrons. The Morgan fingerprint density at radius 3 is 2.71 bits per heavy atom. The molecule has 1 aromatic rings. The molecule has 1 amide bonds. The van der Waals surface area contributed by atoms with E-state index < -0.39 is 0 Å². The predicted octanol–water partition coefficient (Wildman–Crippen LogP) is 1.52. The average molecular weight is 235 g/mol. The minimum atomic E-state index is -0.238. The molecule has 4 heteroatoms. The summed E-state index contributed by atoms with van der Waals surface area (Å²) in [5.74, 6) is 4.94. The van der Waals surface area contributed by atoms with Gasteiger partial charge >= 0.3 is 0 Å². The molecule has 0 aliphatic heterocycles. The van der Waals surface area contributed by atoms with Gasteiger partial charge in [0, 0.05) is 18.2 Å². The zero-order valence-corrected chi connectivity index (χ0v) is 10.7. The highest BCUT2D eigenvalue weighted by atomic mass is 16.2. The molecule has 0 aliphatic rings. The lowest BCUT2D eigenvalue weighted by molar-refractivity contribution is 0.0951. The Labute approximate surface area is 103 Å². The van der Waals surface area contributed by atoms with E-state index in [9.17, 15) is 4.79 Å². The minimum absolute atomic E-state index is 0.238. The molecule has 0 fully saturated rings. The quantitative estimate of drug-likeness (QED) is 0.462. The van der Waals surface area contributed by atoms with Gasteiger partial charge in [0.2, 0.25) is 0 Å². The van der Waals surface area contributed by atoms with Crippen molar-refractivity contribution < 1.29 is 4.79 Å². The van der Waals surface area contributed by atoms with Crippen LogP contribution < -0.4 is 11.3 Å². The summed E-state index contributed by atoms with van der Waals surface area (Å²) in [4.78, 5) is 13.8. The van der Waals surface area contributed by atoms with E-state index in [1.165, 1.54) is 0 Å². The molecule has 0 saturated heterocycles. The second-order valence-corrected chi connectivity index (χ2v) is 4.30. The molecule has 3 N–H and O–H groups in total. The summed E-state index contributed by atoms with van der Waals surface area (Å²) in [6.07, 6.45) is 1.09. The van der Waals surface area contributed by atoms with Crippen LogP contribution in [0.4, 0.5) is 0 Å². The molecule has 94 valence electrons. The van der Waals surface area contributed by atoms with Crippen LogP contribution in [0, 0.1) is 0 Å². The maximum Gasteiger partial charge on any atom is 0.265 e. The molecule has 0 aromatic heterocycles. The molecular weight excluding hydrogens is 214 g/mol. The number of hydrogen-bond donors (Lipinski definition) is 2. The lowest BCUT2D eigenvalue weighted by atomic mass is 10.1. The van der Waals surface area contributed by atoms with Crippen molar-refractivity contribution in [1.82, 2.24) is 10.3 Å². The Kier molecular flexibility index (Phi) is 5.12. The number of amides is 1. The van der Waals surface area contributed by atoms with E-state index in [2.05, 4.69) is 31.2 Å². The SMILES string of the molecule is CCC(C)N(C)Cc1ccccc1C(=O)NN. The first-order valence-corrected chi connectivity index (χ1v) is 5.89. The molecule has 1 unspecified atom stereocenters. The number of rotatable bonds is 5. The van der Waals surface area contributed by atoms with Crippen molar-refractivity contribution in [2.45, 2.75) is 32.9 Å². The van der Waals surface area contributed by atoms with Gasteiger partial charge in [0.15, 0.2) is 0 Å². The van der Waals surface area contributed by atoms with Crippen molar-refractivity contribution in [1.29, 1.82) is 0 Å². The highest BCUT2D eigenvalue weighted by Gasteiger charge is 2.13. The van der Waals surface area contributed by atoms with Crippen LogP contribution in [0.2, 0.25) is 0 Å². The number of carbonyl (C=O) groups excluding carboxylic acids is 1. The molecule has 17 heavy (non-hydrogen) atoms. The lowest BCUT2D eigenvalue weighted by Gasteiger charge is -2.24. The van der Waals surface area contributed by atoms with Gasteiger partial charge < -0.3 is 0 Å². The summed E-state index contributed by atoms with van der Waals surface area (Å²) in [6, 6.07) is 8.03. The van der Waals surface area contributed by atoms with E-state index in [4.69, 9.17) is 5.84 Å². The average Bonchev–Trinajstić information content (AvgIpc) is 2.37.